The van der Waals surface area contributed by atoms with Crippen molar-refractivity contribution in [3.05, 3.63) is 34.6 Å². The fourth-order valence-corrected chi connectivity index (χ4v) is 2.47. The molecule has 0 fully saturated rings. The van der Waals surface area contributed by atoms with Crippen LogP contribution in [-0.2, 0) is 7.05 Å². The van der Waals surface area contributed by atoms with Crippen molar-refractivity contribution in [1.82, 2.24) is 14.8 Å². The van der Waals surface area contributed by atoms with E-state index in [0.717, 1.165) is 22.2 Å². The number of hydrogen-bond donors (Lipinski definition) is 0. The van der Waals surface area contributed by atoms with Gasteiger partial charge in [-0.25, -0.2) is 0 Å². The summed E-state index contributed by atoms with van der Waals surface area (Å²) in [5, 5.41) is 9.32. The molecule has 0 saturated heterocycles. The lowest BCUT2D eigenvalue weighted by Crippen LogP contribution is -1.94. The van der Waals surface area contributed by atoms with Crippen LogP contribution >= 0.6 is 23.4 Å². The SMILES string of the molecule is Cc1nnc(Sc2cc(Cl)ccc2C=O)n1C. The third kappa shape index (κ3) is 2.50. The Morgan fingerprint density at radius 2 is 2.18 bits per heavy atom. The van der Waals surface area contributed by atoms with E-state index in [0.29, 0.717) is 10.6 Å². The number of rotatable bonds is 3. The Morgan fingerprint density at radius 1 is 1.41 bits per heavy atom. The van der Waals surface area contributed by atoms with Crippen molar-refractivity contribution in [2.75, 3.05) is 0 Å². The summed E-state index contributed by atoms with van der Waals surface area (Å²) < 4.78 is 1.86. The minimum atomic E-state index is 0.594. The van der Waals surface area contributed by atoms with Gasteiger partial charge in [0.05, 0.1) is 0 Å². The standard InChI is InChI=1S/C11H10ClN3OS/c1-7-13-14-11(15(7)2)17-10-5-9(12)4-3-8(10)6-16/h3-6H,1-2H3. The van der Waals surface area contributed by atoms with E-state index in [2.05, 4.69) is 10.2 Å². The lowest BCUT2D eigenvalue weighted by atomic mass is 10.2. The second-order valence-corrected chi connectivity index (χ2v) is 4.94. The van der Waals surface area contributed by atoms with Crippen LogP contribution in [-0.4, -0.2) is 21.1 Å². The van der Waals surface area contributed by atoms with Crippen LogP contribution in [0, 0.1) is 6.92 Å². The van der Waals surface area contributed by atoms with Crippen molar-refractivity contribution in [1.29, 1.82) is 0 Å². The largest absolute Gasteiger partial charge is 0.309 e. The molecule has 0 unspecified atom stereocenters. The second-order valence-electron chi connectivity index (χ2n) is 3.49. The van der Waals surface area contributed by atoms with Gasteiger partial charge in [0, 0.05) is 22.5 Å². The molecule has 0 N–H and O–H groups in total. The molecule has 2 aromatic rings. The normalized spacial score (nSPS) is 10.5. The Balaban J connectivity index is 2.38. The van der Waals surface area contributed by atoms with Crippen LogP contribution in [0.25, 0.3) is 0 Å². The van der Waals surface area contributed by atoms with Crippen LogP contribution in [0.5, 0.6) is 0 Å². The highest BCUT2D eigenvalue weighted by Crippen LogP contribution is 2.30. The summed E-state index contributed by atoms with van der Waals surface area (Å²) in [5.74, 6) is 0.821. The molecular weight excluding hydrogens is 258 g/mol. The Hall–Kier alpha value is -1.33. The van der Waals surface area contributed by atoms with Crippen LogP contribution in [0.15, 0.2) is 28.3 Å². The molecule has 0 amide bonds. The summed E-state index contributed by atoms with van der Waals surface area (Å²) in [4.78, 5) is 11.7. The van der Waals surface area contributed by atoms with Gasteiger partial charge in [-0.2, -0.15) is 0 Å². The molecule has 0 aliphatic rings. The molecule has 0 bridgehead atoms. The maximum absolute atomic E-state index is 10.9. The predicted molar refractivity (Wildman–Crippen MR) is 66.7 cm³/mol. The number of aromatic nitrogens is 3. The van der Waals surface area contributed by atoms with Gasteiger partial charge in [0.2, 0.25) is 0 Å². The highest BCUT2D eigenvalue weighted by Gasteiger charge is 2.10. The van der Waals surface area contributed by atoms with E-state index in [1.807, 2.05) is 18.5 Å². The first-order chi connectivity index (χ1) is 8.11. The average molecular weight is 268 g/mol. The van der Waals surface area contributed by atoms with Crippen molar-refractivity contribution in [2.24, 2.45) is 7.05 Å². The van der Waals surface area contributed by atoms with Gasteiger partial charge < -0.3 is 4.57 Å². The number of nitrogens with zero attached hydrogens (tertiary/aromatic N) is 3. The molecule has 1 aromatic heterocycles. The zero-order valence-electron chi connectivity index (χ0n) is 9.35. The van der Waals surface area contributed by atoms with E-state index >= 15 is 0 Å². The number of benzene rings is 1. The van der Waals surface area contributed by atoms with Crippen LogP contribution in [0.2, 0.25) is 5.02 Å². The molecule has 4 nitrogen and oxygen atoms in total. The Kier molecular flexibility index (Phi) is 3.49. The lowest BCUT2D eigenvalue weighted by molar-refractivity contribution is 0.112. The highest BCUT2D eigenvalue weighted by molar-refractivity contribution is 7.99. The maximum atomic E-state index is 10.9. The van der Waals surface area contributed by atoms with Crippen LogP contribution in [0.4, 0.5) is 0 Å². The summed E-state index contributed by atoms with van der Waals surface area (Å²) in [6.45, 7) is 1.87. The van der Waals surface area contributed by atoms with Gasteiger partial charge in [0.1, 0.15) is 5.82 Å². The van der Waals surface area contributed by atoms with Gasteiger partial charge in [-0.15, -0.1) is 10.2 Å². The zero-order valence-corrected chi connectivity index (χ0v) is 10.9. The summed E-state index contributed by atoms with van der Waals surface area (Å²) in [5.41, 5.74) is 0.597. The average Bonchev–Trinajstić information content (AvgIpc) is 2.61. The van der Waals surface area contributed by atoms with E-state index in [9.17, 15) is 4.79 Å². The predicted octanol–water partition coefficient (Wildman–Crippen LogP) is 2.74. The molecular formula is C11H10ClN3OS. The highest BCUT2D eigenvalue weighted by atomic mass is 35.5. The van der Waals surface area contributed by atoms with Crippen molar-refractivity contribution in [3.8, 4) is 0 Å². The fraction of sp³-hybridized carbons (Fsp3) is 0.182. The molecule has 6 heteroatoms. The van der Waals surface area contributed by atoms with Crippen molar-refractivity contribution in [3.63, 3.8) is 0 Å². The molecule has 0 saturated carbocycles. The number of carbonyl (C=O) groups is 1. The molecule has 1 aromatic carbocycles. The van der Waals surface area contributed by atoms with Crippen LogP contribution in [0.3, 0.4) is 0 Å². The first-order valence-corrected chi connectivity index (χ1v) is 6.10. The van der Waals surface area contributed by atoms with Crippen molar-refractivity contribution < 1.29 is 4.79 Å². The third-order valence-electron chi connectivity index (χ3n) is 2.36. The summed E-state index contributed by atoms with van der Waals surface area (Å²) >= 11 is 7.29. The maximum Gasteiger partial charge on any atom is 0.195 e. The first-order valence-electron chi connectivity index (χ1n) is 4.90. The van der Waals surface area contributed by atoms with Crippen molar-refractivity contribution >= 4 is 29.6 Å². The van der Waals surface area contributed by atoms with E-state index in [-0.39, 0.29) is 0 Å². The van der Waals surface area contributed by atoms with Crippen LogP contribution < -0.4 is 0 Å². The quantitative estimate of drug-likeness (QED) is 0.803. The second kappa shape index (κ2) is 4.89. The monoisotopic (exact) mass is 267 g/mol. The first kappa shape index (κ1) is 12.1. The van der Waals surface area contributed by atoms with E-state index in [1.54, 1.807) is 18.2 Å². The Morgan fingerprint density at radius 3 is 2.76 bits per heavy atom. The van der Waals surface area contributed by atoms with Crippen LogP contribution in [0.1, 0.15) is 16.2 Å². The molecule has 0 spiro atoms. The van der Waals surface area contributed by atoms with Crippen molar-refractivity contribution in [2.45, 2.75) is 17.0 Å². The van der Waals surface area contributed by atoms with E-state index in [4.69, 9.17) is 11.6 Å². The molecule has 17 heavy (non-hydrogen) atoms. The number of halogens is 1. The topological polar surface area (TPSA) is 47.8 Å². The molecule has 1 heterocycles. The Labute approximate surface area is 108 Å². The van der Waals surface area contributed by atoms with Gasteiger partial charge in [0.25, 0.3) is 0 Å². The number of hydrogen-bond acceptors (Lipinski definition) is 4. The molecule has 2 rings (SSSR count). The molecule has 0 aliphatic carbocycles. The minimum absolute atomic E-state index is 0.594. The molecule has 0 atom stereocenters. The smallest absolute Gasteiger partial charge is 0.195 e. The van der Waals surface area contributed by atoms with Gasteiger partial charge in [-0.3, -0.25) is 4.79 Å². The van der Waals surface area contributed by atoms with Gasteiger partial charge in [-0.1, -0.05) is 11.6 Å². The summed E-state index contributed by atoms with van der Waals surface area (Å²) in [6.07, 6.45) is 0.807. The molecule has 0 radical (unpaired) electrons. The van der Waals surface area contributed by atoms with Gasteiger partial charge in [-0.05, 0) is 36.9 Å². The van der Waals surface area contributed by atoms with Gasteiger partial charge >= 0.3 is 0 Å². The minimum Gasteiger partial charge on any atom is -0.309 e. The summed E-state index contributed by atoms with van der Waals surface area (Å²) in [7, 11) is 1.88. The lowest BCUT2D eigenvalue weighted by Gasteiger charge is -2.04. The van der Waals surface area contributed by atoms with E-state index < -0.39 is 0 Å². The number of aryl methyl sites for hydroxylation is 1. The molecule has 88 valence electrons. The Bertz CT molecular complexity index is 568. The number of aldehydes is 1. The fourth-order valence-electron chi connectivity index (χ4n) is 1.27. The zero-order chi connectivity index (χ0) is 12.4. The van der Waals surface area contributed by atoms with Gasteiger partial charge in [0.15, 0.2) is 11.4 Å². The summed E-state index contributed by atoms with van der Waals surface area (Å²) in [6, 6.07) is 5.14. The van der Waals surface area contributed by atoms with E-state index in [1.165, 1.54) is 11.8 Å². The number of carbonyl (C=O) groups excluding carboxylic acids is 1. The third-order valence-corrected chi connectivity index (χ3v) is 3.70. The molecule has 0 aliphatic heterocycles.